The third-order valence-electron chi connectivity index (χ3n) is 5.69. The number of carbonyl (C=O) groups is 1. The van der Waals surface area contributed by atoms with Gasteiger partial charge in [0, 0.05) is 30.9 Å². The molecule has 0 radical (unpaired) electrons. The van der Waals surface area contributed by atoms with Crippen molar-refractivity contribution in [2.24, 2.45) is 0 Å². The van der Waals surface area contributed by atoms with E-state index in [9.17, 15) is 4.79 Å². The van der Waals surface area contributed by atoms with Crippen molar-refractivity contribution in [2.45, 2.75) is 25.8 Å². The van der Waals surface area contributed by atoms with Crippen molar-refractivity contribution in [1.29, 1.82) is 0 Å². The van der Waals surface area contributed by atoms with Crippen LogP contribution in [0.5, 0.6) is 0 Å². The van der Waals surface area contributed by atoms with Gasteiger partial charge in [-0.15, -0.1) is 0 Å². The van der Waals surface area contributed by atoms with Crippen molar-refractivity contribution >= 4 is 5.91 Å². The topological polar surface area (TPSA) is 45.7 Å². The first-order valence-corrected chi connectivity index (χ1v) is 9.90. The van der Waals surface area contributed by atoms with Crippen LogP contribution in [-0.2, 0) is 4.74 Å². The van der Waals surface area contributed by atoms with Crippen LogP contribution in [0.3, 0.4) is 0 Å². The third-order valence-corrected chi connectivity index (χ3v) is 5.69. The number of ether oxygens (including phenoxy) is 1. The summed E-state index contributed by atoms with van der Waals surface area (Å²) in [5, 5.41) is 0. The molecule has 2 saturated heterocycles. The average molecular weight is 365 g/mol. The number of carbonyl (C=O) groups excluding carboxylic acids is 1. The minimum atomic E-state index is 0.0344. The van der Waals surface area contributed by atoms with Gasteiger partial charge < -0.3 is 9.64 Å². The fraction of sp³-hybridized carbons (Fsp3) is 0.455. The molecule has 1 atom stereocenters. The van der Waals surface area contributed by atoms with Gasteiger partial charge in [-0.25, -0.2) is 0 Å². The van der Waals surface area contributed by atoms with Crippen molar-refractivity contribution < 1.29 is 9.53 Å². The number of pyridine rings is 1. The summed E-state index contributed by atoms with van der Waals surface area (Å²) in [6, 6.07) is 12.9. The first kappa shape index (κ1) is 18.1. The fourth-order valence-corrected chi connectivity index (χ4v) is 3.91. The lowest BCUT2D eigenvalue weighted by atomic mass is 10.0. The van der Waals surface area contributed by atoms with Gasteiger partial charge in [0.05, 0.1) is 24.5 Å². The lowest BCUT2D eigenvalue weighted by molar-refractivity contribution is 0.0302. The van der Waals surface area contributed by atoms with Gasteiger partial charge in [-0.3, -0.25) is 14.7 Å². The maximum Gasteiger partial charge on any atom is 0.255 e. The number of nitrogens with zero attached hydrogens (tertiary/aromatic N) is 3. The number of amides is 1. The van der Waals surface area contributed by atoms with E-state index < -0.39 is 0 Å². The van der Waals surface area contributed by atoms with Gasteiger partial charge in [-0.2, -0.15) is 0 Å². The number of hydrogen-bond acceptors (Lipinski definition) is 4. The number of hydrogen-bond donors (Lipinski definition) is 0. The van der Waals surface area contributed by atoms with Gasteiger partial charge in [0.25, 0.3) is 5.91 Å². The largest absolute Gasteiger partial charge is 0.378 e. The lowest BCUT2D eigenvalue weighted by Gasteiger charge is -2.26. The molecule has 27 heavy (non-hydrogen) atoms. The highest BCUT2D eigenvalue weighted by Crippen LogP contribution is 2.26. The molecule has 1 aromatic heterocycles. The zero-order chi connectivity index (χ0) is 18.6. The molecule has 1 aromatic carbocycles. The molecule has 0 saturated carbocycles. The first-order valence-electron chi connectivity index (χ1n) is 9.90. The smallest absolute Gasteiger partial charge is 0.255 e. The van der Waals surface area contributed by atoms with Crippen LogP contribution in [0.25, 0.3) is 11.3 Å². The summed E-state index contributed by atoms with van der Waals surface area (Å²) in [4.78, 5) is 21.4. The highest BCUT2D eigenvalue weighted by atomic mass is 16.5. The summed E-state index contributed by atoms with van der Waals surface area (Å²) in [5.74, 6) is 0.0344. The molecule has 1 unspecified atom stereocenters. The molecular formula is C22H27N3O2. The SMILES string of the molecule is CC(c1ccc(-c2ccc(C(=O)N3CCOCC3)cn2)cc1)N1CCCC1. The highest BCUT2D eigenvalue weighted by Gasteiger charge is 2.20. The second kappa shape index (κ2) is 8.19. The Balaban J connectivity index is 1.44. The number of rotatable bonds is 4. The Morgan fingerprint density at radius 3 is 2.33 bits per heavy atom. The Morgan fingerprint density at radius 1 is 1.00 bits per heavy atom. The molecule has 2 aliphatic heterocycles. The summed E-state index contributed by atoms with van der Waals surface area (Å²) >= 11 is 0. The van der Waals surface area contributed by atoms with E-state index in [0.717, 1.165) is 11.3 Å². The molecule has 0 bridgehead atoms. The molecule has 3 heterocycles. The fourth-order valence-electron chi connectivity index (χ4n) is 3.91. The quantitative estimate of drug-likeness (QED) is 0.833. The molecule has 142 valence electrons. The van der Waals surface area contributed by atoms with E-state index in [-0.39, 0.29) is 5.91 Å². The molecule has 2 aromatic rings. The Morgan fingerprint density at radius 2 is 1.70 bits per heavy atom. The lowest BCUT2D eigenvalue weighted by Crippen LogP contribution is -2.40. The standard InChI is InChI=1S/C22H27N3O2/c1-17(24-10-2-3-11-24)18-4-6-19(7-5-18)21-9-8-20(16-23-21)22(26)25-12-14-27-15-13-25/h4-9,16-17H,2-3,10-15H2,1H3. The summed E-state index contributed by atoms with van der Waals surface area (Å²) in [6.07, 6.45) is 4.30. The number of benzene rings is 1. The van der Waals surface area contributed by atoms with Crippen LogP contribution in [0, 0.1) is 0 Å². The summed E-state index contributed by atoms with van der Waals surface area (Å²) < 4.78 is 5.31. The molecule has 5 heteroatoms. The second-order valence-corrected chi connectivity index (χ2v) is 7.38. The highest BCUT2D eigenvalue weighted by molar-refractivity contribution is 5.94. The predicted molar refractivity (Wildman–Crippen MR) is 106 cm³/mol. The molecule has 2 aliphatic rings. The van der Waals surface area contributed by atoms with E-state index in [1.54, 1.807) is 6.20 Å². The Labute approximate surface area is 161 Å². The average Bonchev–Trinajstić information content (AvgIpc) is 3.28. The van der Waals surface area contributed by atoms with Crippen molar-refractivity contribution in [3.8, 4) is 11.3 Å². The van der Waals surface area contributed by atoms with Crippen LogP contribution in [0.2, 0.25) is 0 Å². The molecular weight excluding hydrogens is 338 g/mol. The molecule has 0 spiro atoms. The number of aromatic nitrogens is 1. The minimum absolute atomic E-state index is 0.0344. The third kappa shape index (κ3) is 4.04. The molecule has 0 N–H and O–H groups in total. The van der Waals surface area contributed by atoms with E-state index >= 15 is 0 Å². The van der Waals surface area contributed by atoms with E-state index in [2.05, 4.69) is 41.1 Å². The van der Waals surface area contributed by atoms with Crippen LogP contribution in [-0.4, -0.2) is 60.1 Å². The maximum absolute atomic E-state index is 12.5. The van der Waals surface area contributed by atoms with Gasteiger partial charge in [-0.05, 0) is 50.6 Å². The monoisotopic (exact) mass is 365 g/mol. The van der Waals surface area contributed by atoms with Gasteiger partial charge in [0.1, 0.15) is 0 Å². The predicted octanol–water partition coefficient (Wildman–Crippen LogP) is 3.38. The Kier molecular flexibility index (Phi) is 5.50. The van der Waals surface area contributed by atoms with Crippen LogP contribution >= 0.6 is 0 Å². The number of morpholine rings is 1. The normalized spacial score (nSPS) is 19.2. The van der Waals surface area contributed by atoms with Gasteiger partial charge >= 0.3 is 0 Å². The molecule has 4 rings (SSSR count). The van der Waals surface area contributed by atoms with E-state index in [4.69, 9.17) is 4.74 Å². The molecule has 0 aliphatic carbocycles. The molecule has 5 nitrogen and oxygen atoms in total. The van der Waals surface area contributed by atoms with Gasteiger partial charge in [0.15, 0.2) is 0 Å². The summed E-state index contributed by atoms with van der Waals surface area (Å²) in [7, 11) is 0. The maximum atomic E-state index is 12.5. The van der Waals surface area contributed by atoms with E-state index in [1.807, 2.05) is 17.0 Å². The minimum Gasteiger partial charge on any atom is -0.378 e. The van der Waals surface area contributed by atoms with Crippen LogP contribution < -0.4 is 0 Å². The van der Waals surface area contributed by atoms with Crippen LogP contribution in [0.4, 0.5) is 0 Å². The van der Waals surface area contributed by atoms with Crippen molar-refractivity contribution in [3.05, 3.63) is 53.7 Å². The summed E-state index contributed by atoms with van der Waals surface area (Å²) in [5.41, 5.74) is 3.96. The van der Waals surface area contributed by atoms with Crippen molar-refractivity contribution in [3.63, 3.8) is 0 Å². The second-order valence-electron chi connectivity index (χ2n) is 7.38. The molecule has 2 fully saturated rings. The Bertz CT molecular complexity index is 761. The van der Waals surface area contributed by atoms with Crippen molar-refractivity contribution in [2.75, 3.05) is 39.4 Å². The van der Waals surface area contributed by atoms with Crippen LogP contribution in [0.15, 0.2) is 42.6 Å². The van der Waals surface area contributed by atoms with E-state index in [1.165, 1.54) is 31.5 Å². The zero-order valence-electron chi connectivity index (χ0n) is 15.9. The van der Waals surface area contributed by atoms with Crippen molar-refractivity contribution in [1.82, 2.24) is 14.8 Å². The van der Waals surface area contributed by atoms with Gasteiger partial charge in [-0.1, -0.05) is 24.3 Å². The molecule has 1 amide bonds. The van der Waals surface area contributed by atoms with Crippen LogP contribution in [0.1, 0.15) is 41.7 Å². The summed E-state index contributed by atoms with van der Waals surface area (Å²) in [6.45, 7) is 7.20. The number of likely N-dealkylation sites (tertiary alicyclic amines) is 1. The van der Waals surface area contributed by atoms with E-state index in [0.29, 0.717) is 37.9 Å². The Hall–Kier alpha value is -2.24. The first-order chi connectivity index (χ1) is 13.2. The zero-order valence-corrected chi connectivity index (χ0v) is 15.9. The van der Waals surface area contributed by atoms with Gasteiger partial charge in [0.2, 0.25) is 0 Å².